The lowest BCUT2D eigenvalue weighted by Crippen LogP contribution is -2.50. The van der Waals surface area contributed by atoms with Gasteiger partial charge >= 0.3 is 0 Å². The molecule has 2 unspecified atom stereocenters. The van der Waals surface area contributed by atoms with E-state index in [9.17, 15) is 4.39 Å². The summed E-state index contributed by atoms with van der Waals surface area (Å²) < 4.78 is 24.3. The fraction of sp³-hybridized carbons (Fsp3) is 0.471. The summed E-state index contributed by atoms with van der Waals surface area (Å²) in [7, 11) is 1.73. The number of hydrogen-bond acceptors (Lipinski definition) is 5. The second-order valence-corrected chi connectivity index (χ2v) is 6.03. The van der Waals surface area contributed by atoms with Crippen molar-refractivity contribution in [2.45, 2.75) is 32.6 Å². The molecule has 1 aromatic heterocycles. The lowest BCUT2D eigenvalue weighted by atomic mass is 10.1. The maximum Gasteiger partial charge on any atom is 0.246 e. The zero-order chi connectivity index (χ0) is 17.8. The fourth-order valence-corrected chi connectivity index (χ4v) is 2.88. The van der Waals surface area contributed by atoms with E-state index in [4.69, 9.17) is 9.26 Å². The number of rotatable bonds is 3. The van der Waals surface area contributed by atoms with Crippen LogP contribution in [0.3, 0.4) is 0 Å². The molecule has 25 heavy (non-hydrogen) atoms. The Bertz CT molecular complexity index is 731. The highest BCUT2D eigenvalue weighted by Crippen LogP contribution is 2.25. The summed E-state index contributed by atoms with van der Waals surface area (Å²) in [6, 6.07) is 6.42. The molecule has 2 atom stereocenters. The molecular weight excluding hydrogens is 325 g/mol. The standard InChI is InChI=1S/C17H22FN5O2/c1-11-9-23(10-15(24-11)13-4-6-14(18)7-5-13)17(19-3)20-8-16-21-12(2)22-25-16/h4-7,11,15H,8-10H2,1-3H3,(H,19,20). The van der Waals surface area contributed by atoms with Gasteiger partial charge in [0.25, 0.3) is 0 Å². The van der Waals surface area contributed by atoms with Crippen LogP contribution in [0.25, 0.3) is 0 Å². The van der Waals surface area contributed by atoms with Crippen LogP contribution in [-0.4, -0.2) is 47.2 Å². The van der Waals surface area contributed by atoms with Gasteiger partial charge in [-0.05, 0) is 31.5 Å². The van der Waals surface area contributed by atoms with Crippen molar-refractivity contribution >= 4 is 5.96 Å². The van der Waals surface area contributed by atoms with Gasteiger partial charge < -0.3 is 19.5 Å². The number of benzene rings is 1. The fourth-order valence-electron chi connectivity index (χ4n) is 2.88. The highest BCUT2D eigenvalue weighted by molar-refractivity contribution is 5.80. The van der Waals surface area contributed by atoms with Crippen molar-refractivity contribution in [1.29, 1.82) is 0 Å². The summed E-state index contributed by atoms with van der Waals surface area (Å²) in [5, 5.41) is 7.01. The SMILES string of the molecule is CN=C(NCc1nc(C)no1)N1CC(C)OC(c2ccc(F)cc2)C1. The normalized spacial score (nSPS) is 21.4. The molecule has 8 heteroatoms. The van der Waals surface area contributed by atoms with Crippen molar-refractivity contribution in [3.63, 3.8) is 0 Å². The van der Waals surface area contributed by atoms with Crippen LogP contribution in [0.15, 0.2) is 33.8 Å². The van der Waals surface area contributed by atoms with E-state index in [2.05, 4.69) is 25.3 Å². The predicted octanol–water partition coefficient (Wildman–Crippen LogP) is 2.05. The molecule has 0 saturated carbocycles. The second-order valence-electron chi connectivity index (χ2n) is 6.03. The summed E-state index contributed by atoms with van der Waals surface area (Å²) in [5.41, 5.74) is 0.945. The van der Waals surface area contributed by atoms with Crippen LogP contribution in [0, 0.1) is 12.7 Å². The molecule has 1 aliphatic rings. The molecule has 1 aromatic carbocycles. The van der Waals surface area contributed by atoms with E-state index in [-0.39, 0.29) is 18.0 Å². The Balaban J connectivity index is 1.67. The third-order valence-corrected chi connectivity index (χ3v) is 3.98. The van der Waals surface area contributed by atoms with Gasteiger partial charge in [-0.15, -0.1) is 0 Å². The molecule has 134 valence electrons. The van der Waals surface area contributed by atoms with Crippen LogP contribution in [0.2, 0.25) is 0 Å². The molecule has 0 spiro atoms. The lowest BCUT2D eigenvalue weighted by Gasteiger charge is -2.38. The average molecular weight is 347 g/mol. The molecule has 3 rings (SSSR count). The minimum atomic E-state index is -0.253. The Labute approximate surface area is 145 Å². The van der Waals surface area contributed by atoms with Crippen molar-refractivity contribution < 1.29 is 13.7 Å². The molecule has 7 nitrogen and oxygen atoms in total. The Kier molecular flexibility index (Phi) is 5.28. The Hall–Kier alpha value is -2.48. The van der Waals surface area contributed by atoms with Crippen molar-refractivity contribution in [1.82, 2.24) is 20.4 Å². The van der Waals surface area contributed by atoms with E-state index in [0.29, 0.717) is 31.3 Å². The molecule has 2 aromatic rings. The lowest BCUT2D eigenvalue weighted by molar-refractivity contribution is -0.0605. The van der Waals surface area contributed by atoms with Gasteiger partial charge in [0, 0.05) is 13.6 Å². The molecule has 1 fully saturated rings. The molecule has 1 saturated heterocycles. The first-order valence-electron chi connectivity index (χ1n) is 8.21. The maximum absolute atomic E-state index is 13.2. The topological polar surface area (TPSA) is 75.8 Å². The molecule has 1 N–H and O–H groups in total. The van der Waals surface area contributed by atoms with Crippen LogP contribution in [0.1, 0.15) is 30.3 Å². The average Bonchev–Trinajstić information content (AvgIpc) is 3.01. The number of morpholine rings is 1. The number of aryl methyl sites for hydroxylation is 1. The first-order chi connectivity index (χ1) is 12.0. The van der Waals surface area contributed by atoms with Crippen molar-refractivity contribution in [2.24, 2.45) is 4.99 Å². The number of halogens is 1. The van der Waals surface area contributed by atoms with Gasteiger partial charge in [0.05, 0.1) is 19.2 Å². The number of hydrogen-bond donors (Lipinski definition) is 1. The molecule has 0 aliphatic carbocycles. The summed E-state index contributed by atoms with van der Waals surface area (Å²) in [5.74, 6) is 1.59. The molecule has 0 radical (unpaired) electrons. The van der Waals surface area contributed by atoms with Crippen molar-refractivity contribution in [3.05, 3.63) is 47.4 Å². The number of aliphatic imine (C=N–C) groups is 1. The number of guanidine groups is 1. The Morgan fingerprint density at radius 3 is 2.76 bits per heavy atom. The third-order valence-electron chi connectivity index (χ3n) is 3.98. The van der Waals surface area contributed by atoms with Crippen molar-refractivity contribution in [2.75, 3.05) is 20.1 Å². The van der Waals surface area contributed by atoms with Gasteiger partial charge in [-0.25, -0.2) is 4.39 Å². The zero-order valence-corrected chi connectivity index (χ0v) is 14.6. The summed E-state index contributed by atoms with van der Waals surface area (Å²) in [4.78, 5) is 10.6. The van der Waals surface area contributed by atoms with Crippen molar-refractivity contribution in [3.8, 4) is 0 Å². The number of nitrogens with one attached hydrogen (secondary N) is 1. The van der Waals surface area contributed by atoms with E-state index in [0.717, 1.165) is 11.5 Å². The quantitative estimate of drug-likeness (QED) is 0.677. The highest BCUT2D eigenvalue weighted by atomic mass is 19.1. The van der Waals surface area contributed by atoms with Gasteiger partial charge in [0.2, 0.25) is 5.89 Å². The smallest absolute Gasteiger partial charge is 0.246 e. The van der Waals surface area contributed by atoms with Gasteiger partial charge in [-0.1, -0.05) is 17.3 Å². The second kappa shape index (κ2) is 7.60. The van der Waals surface area contributed by atoms with Gasteiger partial charge in [-0.3, -0.25) is 4.99 Å². The number of ether oxygens (including phenoxy) is 1. The molecule has 1 aliphatic heterocycles. The van der Waals surface area contributed by atoms with E-state index in [1.165, 1.54) is 12.1 Å². The van der Waals surface area contributed by atoms with E-state index >= 15 is 0 Å². The molecule has 0 amide bonds. The third kappa shape index (κ3) is 4.33. The molecule has 0 bridgehead atoms. The van der Waals surface area contributed by atoms with E-state index in [1.807, 2.05) is 6.92 Å². The monoisotopic (exact) mass is 347 g/mol. The summed E-state index contributed by atoms with van der Waals surface area (Å²) in [6.45, 7) is 5.52. The van der Waals surface area contributed by atoms with Crippen LogP contribution in [0.5, 0.6) is 0 Å². The molecular formula is C17H22FN5O2. The first kappa shape index (κ1) is 17.3. The van der Waals surface area contributed by atoms with Crippen LogP contribution in [0.4, 0.5) is 4.39 Å². The Morgan fingerprint density at radius 1 is 1.36 bits per heavy atom. The van der Waals surface area contributed by atoms with E-state index in [1.54, 1.807) is 26.1 Å². The largest absolute Gasteiger partial charge is 0.367 e. The number of nitrogens with zero attached hydrogens (tertiary/aromatic N) is 4. The van der Waals surface area contributed by atoms with Crippen LogP contribution >= 0.6 is 0 Å². The first-order valence-corrected chi connectivity index (χ1v) is 8.21. The van der Waals surface area contributed by atoms with Crippen LogP contribution < -0.4 is 5.32 Å². The minimum absolute atomic E-state index is 0.0213. The number of aromatic nitrogens is 2. The summed E-state index contributed by atoms with van der Waals surface area (Å²) in [6.07, 6.45) is -0.124. The Morgan fingerprint density at radius 2 is 2.12 bits per heavy atom. The van der Waals surface area contributed by atoms with Gasteiger partial charge in [0.15, 0.2) is 11.8 Å². The highest BCUT2D eigenvalue weighted by Gasteiger charge is 2.28. The maximum atomic E-state index is 13.2. The molecule has 2 heterocycles. The van der Waals surface area contributed by atoms with Gasteiger partial charge in [0.1, 0.15) is 11.9 Å². The predicted molar refractivity (Wildman–Crippen MR) is 90.5 cm³/mol. The minimum Gasteiger partial charge on any atom is -0.367 e. The van der Waals surface area contributed by atoms with Crippen LogP contribution in [-0.2, 0) is 11.3 Å². The zero-order valence-electron chi connectivity index (χ0n) is 14.6. The van der Waals surface area contributed by atoms with Gasteiger partial charge in [-0.2, -0.15) is 4.98 Å². The van der Waals surface area contributed by atoms with E-state index < -0.39 is 0 Å². The summed E-state index contributed by atoms with van der Waals surface area (Å²) >= 11 is 0.